The Bertz CT molecular complexity index is 569. The molecule has 0 saturated heterocycles. The number of amides is 1. The molecule has 6 nitrogen and oxygen atoms in total. The van der Waals surface area contributed by atoms with Crippen LogP contribution in [0.15, 0.2) is 28.7 Å². The number of carboxylic acid groups (broad SMARTS) is 1. The van der Waals surface area contributed by atoms with Crippen molar-refractivity contribution in [3.8, 4) is 0 Å². The lowest BCUT2D eigenvalue weighted by Gasteiger charge is -2.11. The minimum atomic E-state index is -1.35. The molecule has 1 aromatic carbocycles. The topological polar surface area (TPSA) is 107 Å². The zero-order chi connectivity index (χ0) is 16.0. The Labute approximate surface area is 130 Å². The van der Waals surface area contributed by atoms with Crippen LogP contribution >= 0.6 is 15.9 Å². The van der Waals surface area contributed by atoms with Crippen LogP contribution in [0.5, 0.6) is 0 Å². The van der Waals surface area contributed by atoms with Crippen molar-refractivity contribution >= 4 is 39.3 Å². The van der Waals surface area contributed by atoms with E-state index < -0.39 is 23.5 Å². The maximum Gasteiger partial charge on any atom is 0.349 e. The van der Waals surface area contributed by atoms with E-state index in [1.165, 1.54) is 6.92 Å². The number of carboxylic acids is 1. The van der Waals surface area contributed by atoms with Crippen LogP contribution in [0.2, 0.25) is 0 Å². The molecule has 0 saturated carbocycles. The van der Waals surface area contributed by atoms with Gasteiger partial charge in [0.05, 0.1) is 6.54 Å². The lowest BCUT2D eigenvalue weighted by molar-refractivity contribution is -0.129. The molecule has 1 aromatic rings. The van der Waals surface area contributed by atoms with Crippen LogP contribution in [0.3, 0.4) is 0 Å². The highest BCUT2D eigenvalue weighted by molar-refractivity contribution is 9.10. The van der Waals surface area contributed by atoms with E-state index in [1.807, 2.05) is 0 Å². The first-order chi connectivity index (χ1) is 9.81. The Morgan fingerprint density at radius 1 is 1.29 bits per heavy atom. The Balaban J connectivity index is 2.48. The highest BCUT2D eigenvalue weighted by Crippen LogP contribution is 2.11. The molecule has 7 heteroatoms. The highest BCUT2D eigenvalue weighted by atomic mass is 79.9. The summed E-state index contributed by atoms with van der Waals surface area (Å²) in [6.07, 6.45) is -0.173. The Kier molecular flexibility index (Phi) is 6.23. The summed E-state index contributed by atoms with van der Waals surface area (Å²) in [7, 11) is 0. The van der Waals surface area contributed by atoms with Gasteiger partial charge in [0, 0.05) is 22.4 Å². The Morgan fingerprint density at radius 3 is 2.38 bits per heavy atom. The number of hydrogen-bond donors (Lipinski definition) is 3. The second kappa shape index (κ2) is 7.68. The summed E-state index contributed by atoms with van der Waals surface area (Å²) in [6.45, 7) is 1.35. The van der Waals surface area contributed by atoms with Crippen LogP contribution in [-0.4, -0.2) is 35.0 Å². The molecular weight excluding hydrogens is 340 g/mol. The van der Waals surface area contributed by atoms with Crippen LogP contribution in [0.1, 0.15) is 23.7 Å². The molecule has 0 spiro atoms. The van der Waals surface area contributed by atoms with E-state index >= 15 is 0 Å². The molecule has 1 atom stereocenters. The number of ketones is 1. The molecule has 0 radical (unpaired) electrons. The fourth-order valence-electron chi connectivity index (χ4n) is 1.57. The molecule has 1 amide bonds. The molecular formula is C14H15BrN2O4. The number of carbonyl (C=O) groups excluding carboxylic acids is 2. The molecule has 0 aliphatic heterocycles. The molecule has 0 aromatic heterocycles. The van der Waals surface area contributed by atoms with Gasteiger partial charge in [-0.3, -0.25) is 15.0 Å². The zero-order valence-electron chi connectivity index (χ0n) is 11.4. The molecule has 0 aliphatic rings. The summed E-state index contributed by atoms with van der Waals surface area (Å²) in [5, 5.41) is 18.2. The molecule has 1 unspecified atom stereocenters. The minimum Gasteiger partial charge on any atom is -0.477 e. The van der Waals surface area contributed by atoms with Crippen molar-refractivity contribution < 1.29 is 19.5 Å². The van der Waals surface area contributed by atoms with Crippen LogP contribution in [0.4, 0.5) is 0 Å². The van der Waals surface area contributed by atoms with Gasteiger partial charge in [-0.15, -0.1) is 0 Å². The fourth-order valence-corrected chi connectivity index (χ4v) is 1.83. The summed E-state index contributed by atoms with van der Waals surface area (Å²) < 4.78 is 0.851. The van der Waals surface area contributed by atoms with Crippen molar-refractivity contribution in [1.29, 1.82) is 5.41 Å². The second-order valence-electron chi connectivity index (χ2n) is 4.54. The van der Waals surface area contributed by atoms with Crippen LogP contribution in [0.25, 0.3) is 0 Å². The lowest BCUT2D eigenvalue weighted by atomic mass is 10.0. The Morgan fingerprint density at radius 2 is 1.86 bits per heavy atom. The first kappa shape index (κ1) is 17.0. The minimum absolute atomic E-state index is 0.161. The van der Waals surface area contributed by atoms with Gasteiger partial charge in [0.2, 0.25) is 5.91 Å². The third kappa shape index (κ3) is 5.47. The predicted molar refractivity (Wildman–Crippen MR) is 80.6 cm³/mol. The van der Waals surface area contributed by atoms with Crippen LogP contribution in [-0.2, 0) is 9.59 Å². The Hall–Kier alpha value is -2.02. The van der Waals surface area contributed by atoms with Crippen LogP contribution < -0.4 is 5.32 Å². The number of aliphatic carboxylic acids is 1. The molecule has 3 N–H and O–H groups in total. The first-order valence-corrected chi connectivity index (χ1v) is 6.97. The molecule has 0 heterocycles. The van der Waals surface area contributed by atoms with E-state index in [1.54, 1.807) is 24.3 Å². The highest BCUT2D eigenvalue weighted by Gasteiger charge is 2.19. The van der Waals surface area contributed by atoms with E-state index in [2.05, 4.69) is 21.2 Å². The second-order valence-corrected chi connectivity index (χ2v) is 5.45. The summed E-state index contributed by atoms with van der Waals surface area (Å²) in [4.78, 5) is 34.1. The number of hydrogen-bond acceptors (Lipinski definition) is 4. The van der Waals surface area contributed by atoms with Crippen molar-refractivity contribution in [2.24, 2.45) is 5.92 Å². The van der Waals surface area contributed by atoms with Crippen molar-refractivity contribution in [2.45, 2.75) is 13.3 Å². The number of Topliss-reactive ketones (excluding diaryl/α,β-unsaturated/α-hetero) is 1. The van der Waals surface area contributed by atoms with Gasteiger partial charge in [0.1, 0.15) is 5.71 Å². The third-order valence-corrected chi connectivity index (χ3v) is 3.33. The van der Waals surface area contributed by atoms with Crippen molar-refractivity contribution in [3.63, 3.8) is 0 Å². The van der Waals surface area contributed by atoms with Gasteiger partial charge >= 0.3 is 5.97 Å². The largest absolute Gasteiger partial charge is 0.477 e. The van der Waals surface area contributed by atoms with E-state index in [0.717, 1.165) is 4.47 Å². The van der Waals surface area contributed by atoms with Gasteiger partial charge < -0.3 is 10.4 Å². The maximum atomic E-state index is 11.8. The number of benzene rings is 1. The molecule has 1 rings (SSSR count). The molecule has 0 fully saturated rings. The monoisotopic (exact) mass is 354 g/mol. The van der Waals surface area contributed by atoms with Crippen molar-refractivity contribution in [2.75, 3.05) is 6.54 Å². The molecule has 0 aliphatic carbocycles. The predicted octanol–water partition coefficient (Wildman–Crippen LogP) is 1.88. The van der Waals surface area contributed by atoms with Gasteiger partial charge in [-0.05, 0) is 12.1 Å². The fraction of sp³-hybridized carbons (Fsp3) is 0.286. The average molecular weight is 355 g/mol. The van der Waals surface area contributed by atoms with Gasteiger partial charge in [-0.25, -0.2) is 4.79 Å². The number of rotatable bonds is 7. The van der Waals surface area contributed by atoms with Crippen molar-refractivity contribution in [3.05, 3.63) is 34.3 Å². The van der Waals surface area contributed by atoms with Gasteiger partial charge in [0.25, 0.3) is 0 Å². The summed E-state index contributed by atoms with van der Waals surface area (Å²) in [5.41, 5.74) is -0.0543. The third-order valence-electron chi connectivity index (χ3n) is 2.81. The summed E-state index contributed by atoms with van der Waals surface area (Å²) in [5.74, 6) is -2.71. The quantitative estimate of drug-likeness (QED) is 0.513. The van der Waals surface area contributed by atoms with E-state index in [4.69, 9.17) is 10.5 Å². The van der Waals surface area contributed by atoms with Crippen LogP contribution in [0, 0.1) is 11.3 Å². The smallest absolute Gasteiger partial charge is 0.349 e. The number of nitrogens with one attached hydrogen (secondary N) is 2. The number of carbonyl (C=O) groups is 3. The summed E-state index contributed by atoms with van der Waals surface area (Å²) >= 11 is 3.26. The normalized spacial score (nSPS) is 11.5. The zero-order valence-corrected chi connectivity index (χ0v) is 12.9. The summed E-state index contributed by atoms with van der Waals surface area (Å²) in [6, 6.07) is 6.74. The first-order valence-electron chi connectivity index (χ1n) is 6.18. The lowest BCUT2D eigenvalue weighted by Crippen LogP contribution is -2.35. The molecule has 0 bridgehead atoms. The molecule has 21 heavy (non-hydrogen) atoms. The van der Waals surface area contributed by atoms with Crippen molar-refractivity contribution in [1.82, 2.24) is 5.32 Å². The van der Waals surface area contributed by atoms with Gasteiger partial charge in [-0.2, -0.15) is 0 Å². The average Bonchev–Trinajstić information content (AvgIpc) is 2.44. The standard InChI is InChI=1S/C14H15BrN2O4/c1-8(6-11(16)14(20)21)13(19)17-7-12(18)9-2-4-10(15)5-3-9/h2-5,8,16H,6-7H2,1H3,(H,17,19)(H,20,21). The molecule has 112 valence electrons. The van der Waals surface area contributed by atoms with E-state index in [0.29, 0.717) is 5.56 Å². The van der Waals surface area contributed by atoms with Gasteiger partial charge in [-0.1, -0.05) is 35.0 Å². The van der Waals surface area contributed by atoms with E-state index in [-0.39, 0.29) is 18.7 Å². The van der Waals surface area contributed by atoms with Gasteiger partial charge in [0.15, 0.2) is 5.78 Å². The number of halogens is 1. The SMILES string of the molecule is CC(CC(=N)C(=O)O)C(=O)NCC(=O)c1ccc(Br)cc1. The van der Waals surface area contributed by atoms with E-state index in [9.17, 15) is 14.4 Å². The maximum absolute atomic E-state index is 11.8.